The Morgan fingerprint density at radius 3 is 2.48 bits per heavy atom. The molecular formula is C29H46O2. The molecule has 3 saturated carbocycles. The van der Waals surface area contributed by atoms with Crippen LogP contribution in [-0.2, 0) is 4.79 Å². The van der Waals surface area contributed by atoms with Gasteiger partial charge in [0, 0.05) is 11.3 Å². The van der Waals surface area contributed by atoms with Gasteiger partial charge in [-0.2, -0.15) is 0 Å². The molecule has 174 valence electrons. The molecule has 4 aliphatic carbocycles. The zero-order chi connectivity index (χ0) is 22.8. The predicted molar refractivity (Wildman–Crippen MR) is 129 cm³/mol. The Morgan fingerprint density at radius 2 is 1.81 bits per heavy atom. The van der Waals surface area contributed by atoms with E-state index in [1.165, 1.54) is 49.7 Å². The third-order valence-corrected chi connectivity index (χ3v) is 10.7. The number of rotatable bonds is 4. The summed E-state index contributed by atoms with van der Waals surface area (Å²) in [6.07, 6.45) is 13.4. The Hall–Kier alpha value is -0.890. The molecule has 3 fully saturated rings. The van der Waals surface area contributed by atoms with Crippen LogP contribution in [0.25, 0.3) is 0 Å². The molecule has 0 bridgehead atoms. The number of carbonyl (C=O) groups excluding carboxylic acids is 1. The molecule has 31 heavy (non-hydrogen) atoms. The molecule has 0 saturated heterocycles. The number of hydrogen-bond acceptors (Lipinski definition) is 2. The summed E-state index contributed by atoms with van der Waals surface area (Å²) in [6, 6.07) is 0. The minimum Gasteiger partial charge on any atom is -0.392 e. The zero-order valence-electron chi connectivity index (χ0n) is 21.1. The maximum atomic E-state index is 13.7. The highest BCUT2D eigenvalue weighted by Crippen LogP contribution is 2.68. The van der Waals surface area contributed by atoms with Gasteiger partial charge >= 0.3 is 0 Å². The van der Waals surface area contributed by atoms with Crippen LogP contribution in [-0.4, -0.2) is 17.0 Å². The summed E-state index contributed by atoms with van der Waals surface area (Å²) in [6.45, 7) is 16.1. The third kappa shape index (κ3) is 3.51. The molecule has 4 aliphatic rings. The average molecular weight is 427 g/mol. The summed E-state index contributed by atoms with van der Waals surface area (Å²) in [5.74, 6) is 3.07. The van der Waals surface area contributed by atoms with Crippen LogP contribution in [0.1, 0.15) is 99.8 Å². The Labute approximate surface area is 191 Å². The van der Waals surface area contributed by atoms with E-state index in [-0.39, 0.29) is 22.9 Å². The van der Waals surface area contributed by atoms with Crippen molar-refractivity contribution in [3.8, 4) is 0 Å². The molecule has 0 aliphatic heterocycles. The first kappa shape index (κ1) is 23.3. The van der Waals surface area contributed by atoms with Crippen LogP contribution < -0.4 is 0 Å². The fourth-order valence-corrected chi connectivity index (χ4v) is 8.88. The van der Waals surface area contributed by atoms with Crippen LogP contribution in [0.2, 0.25) is 0 Å². The zero-order valence-corrected chi connectivity index (χ0v) is 21.1. The number of aliphatic hydroxyl groups excluding tert-OH is 1. The fourth-order valence-electron chi connectivity index (χ4n) is 8.88. The maximum absolute atomic E-state index is 13.7. The van der Waals surface area contributed by atoms with Crippen LogP contribution in [0.5, 0.6) is 0 Å². The van der Waals surface area contributed by atoms with E-state index in [1.54, 1.807) is 0 Å². The SMILES string of the molecule is CC(C)=CCC[C@@H](C)[C@H]1CC[C@H]2[C@@H]3C(=O)C=C4C(C)(C)[C@@H](O)CC[C@]4(C)[C@H]3CC[C@]12C. The number of hydrogen-bond donors (Lipinski definition) is 1. The van der Waals surface area contributed by atoms with Gasteiger partial charge < -0.3 is 5.11 Å². The molecule has 0 aromatic heterocycles. The summed E-state index contributed by atoms with van der Waals surface area (Å²) in [5.41, 5.74) is 2.78. The van der Waals surface area contributed by atoms with E-state index in [9.17, 15) is 9.90 Å². The molecule has 0 heterocycles. The van der Waals surface area contributed by atoms with E-state index in [1.807, 2.05) is 6.08 Å². The Bertz CT molecular complexity index is 785. The van der Waals surface area contributed by atoms with Crippen LogP contribution in [0.15, 0.2) is 23.3 Å². The molecule has 0 aromatic carbocycles. The number of allylic oxidation sites excluding steroid dienone is 3. The number of fused-ring (bicyclic) bond motifs is 5. The first-order valence-electron chi connectivity index (χ1n) is 13.0. The van der Waals surface area contributed by atoms with Crippen LogP contribution >= 0.6 is 0 Å². The summed E-state index contributed by atoms with van der Waals surface area (Å²) >= 11 is 0. The van der Waals surface area contributed by atoms with E-state index in [4.69, 9.17) is 0 Å². The predicted octanol–water partition coefficient (Wildman–Crippen LogP) is 7.12. The second-order valence-corrected chi connectivity index (χ2v) is 13.0. The normalized spacial score (nSPS) is 44.6. The average Bonchev–Trinajstić information content (AvgIpc) is 3.04. The van der Waals surface area contributed by atoms with E-state index < -0.39 is 0 Å². The van der Waals surface area contributed by atoms with Crippen molar-refractivity contribution in [3.05, 3.63) is 23.3 Å². The van der Waals surface area contributed by atoms with Crippen molar-refractivity contribution in [3.63, 3.8) is 0 Å². The summed E-state index contributed by atoms with van der Waals surface area (Å²) < 4.78 is 0. The smallest absolute Gasteiger partial charge is 0.159 e. The van der Waals surface area contributed by atoms with Gasteiger partial charge in [0.2, 0.25) is 0 Å². The first-order chi connectivity index (χ1) is 14.4. The molecule has 0 unspecified atom stereocenters. The van der Waals surface area contributed by atoms with Crippen molar-refractivity contribution >= 4 is 5.78 Å². The largest absolute Gasteiger partial charge is 0.392 e. The second-order valence-electron chi connectivity index (χ2n) is 13.0. The highest BCUT2D eigenvalue weighted by atomic mass is 16.3. The molecule has 8 atom stereocenters. The van der Waals surface area contributed by atoms with Gasteiger partial charge in [0.05, 0.1) is 6.10 Å². The lowest BCUT2D eigenvalue weighted by Crippen LogP contribution is -2.57. The van der Waals surface area contributed by atoms with Crippen molar-refractivity contribution in [1.29, 1.82) is 0 Å². The molecule has 4 rings (SSSR count). The Kier molecular flexibility index (Phi) is 5.90. The van der Waals surface area contributed by atoms with Gasteiger partial charge in [-0.05, 0) is 106 Å². The molecular weight excluding hydrogens is 380 g/mol. The molecule has 0 amide bonds. The monoisotopic (exact) mass is 426 g/mol. The van der Waals surface area contributed by atoms with Crippen molar-refractivity contribution in [1.82, 2.24) is 0 Å². The highest BCUT2D eigenvalue weighted by Gasteiger charge is 2.63. The summed E-state index contributed by atoms with van der Waals surface area (Å²) in [5, 5.41) is 10.7. The standard InChI is InChI=1S/C29H46O2/c1-18(2)9-8-10-19(3)20-11-12-21-26-22(13-15-28(20,21)6)29(7)16-14-25(31)27(4,5)24(29)17-23(26)30/h9,17,19-22,25-26,31H,8,10-16H2,1-7H3/t19-,20-,21+,22+,25+,26+,28-,29-/m1/s1. The minimum absolute atomic E-state index is 0.0792. The lowest BCUT2D eigenvalue weighted by molar-refractivity contribution is -0.137. The highest BCUT2D eigenvalue weighted by molar-refractivity contribution is 5.95. The van der Waals surface area contributed by atoms with Crippen molar-refractivity contribution < 1.29 is 9.90 Å². The topological polar surface area (TPSA) is 37.3 Å². The molecule has 2 heteroatoms. The molecule has 0 radical (unpaired) electrons. The molecule has 1 N–H and O–H groups in total. The fraction of sp³-hybridized carbons (Fsp3) is 0.828. The molecule has 0 aromatic rings. The van der Waals surface area contributed by atoms with Gasteiger partial charge in [-0.25, -0.2) is 0 Å². The van der Waals surface area contributed by atoms with Gasteiger partial charge in [0.25, 0.3) is 0 Å². The van der Waals surface area contributed by atoms with Crippen molar-refractivity contribution in [2.45, 2.75) is 106 Å². The summed E-state index contributed by atoms with van der Waals surface area (Å²) in [4.78, 5) is 13.7. The third-order valence-electron chi connectivity index (χ3n) is 10.7. The van der Waals surface area contributed by atoms with E-state index in [0.717, 1.165) is 24.7 Å². The molecule has 0 spiro atoms. The lowest BCUT2D eigenvalue weighted by Gasteiger charge is -2.60. The Balaban J connectivity index is 1.61. The first-order valence-corrected chi connectivity index (χ1v) is 13.0. The molecule has 2 nitrogen and oxygen atoms in total. The lowest BCUT2D eigenvalue weighted by atomic mass is 9.44. The van der Waals surface area contributed by atoms with Crippen LogP contribution in [0.3, 0.4) is 0 Å². The number of aliphatic hydroxyl groups is 1. The van der Waals surface area contributed by atoms with E-state index in [0.29, 0.717) is 23.0 Å². The number of ketones is 1. The van der Waals surface area contributed by atoms with Crippen molar-refractivity contribution in [2.24, 2.45) is 45.8 Å². The Morgan fingerprint density at radius 1 is 1.10 bits per heavy atom. The minimum atomic E-state index is -0.331. The quantitative estimate of drug-likeness (QED) is 0.486. The van der Waals surface area contributed by atoms with E-state index in [2.05, 4.69) is 54.5 Å². The van der Waals surface area contributed by atoms with Gasteiger partial charge in [-0.1, -0.05) is 51.8 Å². The van der Waals surface area contributed by atoms with Gasteiger partial charge in [0.1, 0.15) is 0 Å². The number of carbonyl (C=O) groups is 1. The van der Waals surface area contributed by atoms with Crippen LogP contribution in [0.4, 0.5) is 0 Å². The van der Waals surface area contributed by atoms with Crippen LogP contribution in [0, 0.1) is 45.8 Å². The van der Waals surface area contributed by atoms with Crippen molar-refractivity contribution in [2.75, 3.05) is 0 Å². The van der Waals surface area contributed by atoms with Gasteiger partial charge in [-0.3, -0.25) is 4.79 Å². The van der Waals surface area contributed by atoms with E-state index >= 15 is 0 Å². The summed E-state index contributed by atoms with van der Waals surface area (Å²) in [7, 11) is 0. The van der Waals surface area contributed by atoms with Gasteiger partial charge in [0.15, 0.2) is 5.78 Å². The maximum Gasteiger partial charge on any atom is 0.159 e. The van der Waals surface area contributed by atoms with Gasteiger partial charge in [-0.15, -0.1) is 0 Å². The second kappa shape index (κ2) is 7.86.